The topological polar surface area (TPSA) is 99.0 Å². The van der Waals surface area contributed by atoms with Crippen LogP contribution in [0, 0.1) is 11.3 Å². The van der Waals surface area contributed by atoms with Crippen molar-refractivity contribution in [1.29, 1.82) is 5.26 Å². The lowest BCUT2D eigenvalue weighted by Gasteiger charge is -2.17. The van der Waals surface area contributed by atoms with Crippen molar-refractivity contribution in [3.63, 3.8) is 0 Å². The van der Waals surface area contributed by atoms with Crippen LogP contribution in [0.5, 0.6) is 0 Å². The summed E-state index contributed by atoms with van der Waals surface area (Å²) in [7, 11) is -3.13. The molecule has 0 aliphatic heterocycles. The maximum Gasteiger partial charge on any atom is 0.211 e. The maximum atomic E-state index is 11.3. The molecule has 0 aliphatic rings. The normalized spacial score (nSPS) is 11.3. The first-order valence-corrected chi connectivity index (χ1v) is 7.73. The Morgan fingerprint density at radius 3 is 2.63 bits per heavy atom. The first-order valence-electron chi connectivity index (χ1n) is 5.88. The third kappa shape index (κ3) is 5.19. The van der Waals surface area contributed by atoms with Gasteiger partial charge >= 0.3 is 0 Å². The molecule has 0 atom stereocenters. The van der Waals surface area contributed by atoms with Crippen LogP contribution in [0.1, 0.15) is 19.0 Å². The molecule has 8 heteroatoms. The lowest BCUT2D eigenvalue weighted by atomic mass is 10.4. The zero-order chi connectivity index (χ0) is 14.3. The predicted octanol–water partition coefficient (Wildman–Crippen LogP) is 0.432. The highest BCUT2D eigenvalue weighted by atomic mass is 32.2. The molecule has 0 radical (unpaired) electrons. The van der Waals surface area contributed by atoms with Crippen LogP contribution < -0.4 is 5.32 Å². The number of rotatable bonds is 7. The Morgan fingerprint density at radius 2 is 2.16 bits per heavy atom. The van der Waals surface area contributed by atoms with E-state index in [0.29, 0.717) is 31.9 Å². The summed E-state index contributed by atoms with van der Waals surface area (Å²) in [6.45, 7) is 3.33. The second kappa shape index (κ2) is 7.01. The highest BCUT2D eigenvalue weighted by Crippen LogP contribution is 2.02. The molecule has 0 amide bonds. The highest BCUT2D eigenvalue weighted by molar-refractivity contribution is 7.88. The average molecular weight is 283 g/mol. The van der Waals surface area contributed by atoms with Crippen LogP contribution in [0.3, 0.4) is 0 Å². The van der Waals surface area contributed by atoms with Crippen molar-refractivity contribution in [2.24, 2.45) is 0 Å². The van der Waals surface area contributed by atoms with Crippen molar-refractivity contribution >= 4 is 15.8 Å². The fraction of sp³-hybridized carbons (Fsp3) is 0.545. The summed E-state index contributed by atoms with van der Waals surface area (Å²) >= 11 is 0. The number of sulfonamides is 1. The Hall–Kier alpha value is -1.72. The lowest BCUT2D eigenvalue weighted by Crippen LogP contribution is -2.31. The molecule has 7 nitrogen and oxygen atoms in total. The fourth-order valence-corrected chi connectivity index (χ4v) is 2.44. The number of nitriles is 1. The molecule has 1 heterocycles. The summed E-state index contributed by atoms with van der Waals surface area (Å²) in [6, 6.07) is 1.89. The zero-order valence-electron chi connectivity index (χ0n) is 11.0. The van der Waals surface area contributed by atoms with E-state index in [1.807, 2.05) is 6.07 Å². The van der Waals surface area contributed by atoms with E-state index in [2.05, 4.69) is 15.3 Å². The summed E-state index contributed by atoms with van der Waals surface area (Å²) in [5, 5.41) is 11.6. The number of aromatic nitrogens is 2. The van der Waals surface area contributed by atoms with Crippen LogP contribution in [-0.4, -0.2) is 48.6 Å². The van der Waals surface area contributed by atoms with E-state index in [-0.39, 0.29) is 5.69 Å². The van der Waals surface area contributed by atoms with Crippen LogP contribution in [0.15, 0.2) is 12.4 Å². The zero-order valence-corrected chi connectivity index (χ0v) is 11.8. The smallest absolute Gasteiger partial charge is 0.211 e. The minimum atomic E-state index is -3.13. The molecule has 1 aromatic heterocycles. The molecule has 19 heavy (non-hydrogen) atoms. The number of nitrogens with zero attached hydrogens (tertiary/aromatic N) is 4. The second-order valence-corrected chi connectivity index (χ2v) is 5.92. The van der Waals surface area contributed by atoms with Crippen LogP contribution in [0.4, 0.5) is 5.82 Å². The summed E-state index contributed by atoms with van der Waals surface area (Å²) < 4.78 is 24.1. The van der Waals surface area contributed by atoms with E-state index >= 15 is 0 Å². The molecule has 0 saturated carbocycles. The third-order valence-electron chi connectivity index (χ3n) is 2.48. The van der Waals surface area contributed by atoms with Gasteiger partial charge in [-0.2, -0.15) is 5.26 Å². The number of anilines is 1. The number of hydrogen-bond acceptors (Lipinski definition) is 6. The summed E-state index contributed by atoms with van der Waals surface area (Å²) in [5.74, 6) is 0.571. The van der Waals surface area contributed by atoms with E-state index in [4.69, 9.17) is 5.26 Å². The monoisotopic (exact) mass is 283 g/mol. The first-order chi connectivity index (χ1) is 8.97. The number of hydrogen-bond donors (Lipinski definition) is 1. The van der Waals surface area contributed by atoms with E-state index in [1.165, 1.54) is 23.0 Å². The SMILES string of the molecule is CCN(CCCNc1cnc(C#N)cn1)S(C)(=O)=O. The van der Waals surface area contributed by atoms with Gasteiger partial charge in [-0.15, -0.1) is 0 Å². The van der Waals surface area contributed by atoms with Crippen molar-refractivity contribution in [2.75, 3.05) is 31.2 Å². The average Bonchev–Trinajstić information content (AvgIpc) is 2.38. The van der Waals surface area contributed by atoms with Crippen LogP contribution in [0.2, 0.25) is 0 Å². The van der Waals surface area contributed by atoms with Crippen molar-refractivity contribution in [1.82, 2.24) is 14.3 Å². The molecule has 1 rings (SSSR count). The molecular formula is C11H17N5O2S. The molecule has 0 fully saturated rings. The molecule has 0 aromatic carbocycles. The third-order valence-corrected chi connectivity index (χ3v) is 3.86. The summed E-state index contributed by atoms with van der Waals surface area (Å²) in [4.78, 5) is 7.88. The van der Waals surface area contributed by atoms with E-state index in [0.717, 1.165) is 0 Å². The van der Waals surface area contributed by atoms with Crippen molar-refractivity contribution in [3.8, 4) is 6.07 Å². The van der Waals surface area contributed by atoms with Crippen molar-refractivity contribution in [3.05, 3.63) is 18.1 Å². The van der Waals surface area contributed by atoms with E-state index in [9.17, 15) is 8.42 Å². The Labute approximate surface area is 113 Å². The predicted molar refractivity (Wildman–Crippen MR) is 71.9 cm³/mol. The minimum Gasteiger partial charge on any atom is -0.369 e. The van der Waals surface area contributed by atoms with Crippen LogP contribution >= 0.6 is 0 Å². The molecule has 0 bridgehead atoms. The van der Waals surface area contributed by atoms with Gasteiger partial charge in [-0.3, -0.25) is 0 Å². The molecule has 1 N–H and O–H groups in total. The van der Waals surface area contributed by atoms with Gasteiger partial charge in [0.25, 0.3) is 0 Å². The van der Waals surface area contributed by atoms with E-state index < -0.39 is 10.0 Å². The Bertz CT molecular complexity index is 535. The molecule has 0 unspecified atom stereocenters. The van der Waals surface area contributed by atoms with Gasteiger partial charge in [-0.05, 0) is 6.42 Å². The standard InChI is InChI=1S/C11H17N5O2S/c1-3-16(19(2,17)18)6-4-5-13-11-9-14-10(7-12)8-15-11/h8-9H,3-6H2,1-2H3,(H,13,15). The Balaban J connectivity index is 2.36. The van der Waals surface area contributed by atoms with Gasteiger partial charge in [0.15, 0.2) is 5.69 Å². The van der Waals surface area contributed by atoms with Crippen LogP contribution in [-0.2, 0) is 10.0 Å². The molecule has 0 saturated heterocycles. The molecule has 1 aromatic rings. The minimum absolute atomic E-state index is 0.264. The van der Waals surface area contributed by atoms with Gasteiger partial charge < -0.3 is 5.32 Å². The van der Waals surface area contributed by atoms with E-state index in [1.54, 1.807) is 6.92 Å². The van der Waals surface area contributed by atoms with Crippen molar-refractivity contribution in [2.45, 2.75) is 13.3 Å². The largest absolute Gasteiger partial charge is 0.369 e. The lowest BCUT2D eigenvalue weighted by molar-refractivity contribution is 0.428. The maximum absolute atomic E-state index is 11.3. The van der Waals surface area contributed by atoms with Gasteiger partial charge in [0.1, 0.15) is 11.9 Å². The molecule has 104 valence electrons. The molecule has 0 spiro atoms. The van der Waals surface area contributed by atoms with Gasteiger partial charge in [0.2, 0.25) is 10.0 Å². The molecule has 0 aliphatic carbocycles. The van der Waals surface area contributed by atoms with Gasteiger partial charge in [-0.1, -0.05) is 6.92 Å². The Morgan fingerprint density at radius 1 is 1.42 bits per heavy atom. The Kier molecular flexibility index (Phi) is 5.66. The van der Waals surface area contributed by atoms with Gasteiger partial charge in [0, 0.05) is 19.6 Å². The quantitative estimate of drug-likeness (QED) is 0.729. The first kappa shape index (κ1) is 15.3. The van der Waals surface area contributed by atoms with Gasteiger partial charge in [0.05, 0.1) is 18.6 Å². The highest BCUT2D eigenvalue weighted by Gasteiger charge is 2.12. The summed E-state index contributed by atoms with van der Waals surface area (Å²) in [5.41, 5.74) is 0.264. The summed E-state index contributed by atoms with van der Waals surface area (Å²) in [6.07, 6.45) is 4.74. The fourth-order valence-electron chi connectivity index (χ4n) is 1.51. The second-order valence-electron chi connectivity index (χ2n) is 3.93. The number of nitrogens with one attached hydrogen (secondary N) is 1. The van der Waals surface area contributed by atoms with Crippen LogP contribution in [0.25, 0.3) is 0 Å². The van der Waals surface area contributed by atoms with Gasteiger partial charge in [-0.25, -0.2) is 22.7 Å². The molecular weight excluding hydrogens is 266 g/mol. The van der Waals surface area contributed by atoms with Crippen molar-refractivity contribution < 1.29 is 8.42 Å².